The molecule has 0 bridgehead atoms. The van der Waals surface area contributed by atoms with E-state index in [0.717, 1.165) is 0 Å². The van der Waals surface area contributed by atoms with Crippen molar-refractivity contribution in [2.75, 3.05) is 0 Å². The van der Waals surface area contributed by atoms with Crippen molar-refractivity contribution >= 4 is 140 Å². The molecule has 0 spiro atoms. The summed E-state index contributed by atoms with van der Waals surface area (Å²) in [7, 11) is 0. The molecule has 0 aliphatic heterocycles. The Labute approximate surface area is 230 Å². The van der Waals surface area contributed by atoms with Gasteiger partial charge in [0.05, 0.1) is 0 Å². The van der Waals surface area contributed by atoms with Crippen LogP contribution in [0.25, 0.3) is 0 Å². The average molecular weight is 468 g/mol. The summed E-state index contributed by atoms with van der Waals surface area (Å²) < 4.78 is 0. The van der Waals surface area contributed by atoms with Gasteiger partial charge >= 0.3 is 115 Å². The van der Waals surface area contributed by atoms with Crippen LogP contribution in [-0.4, -0.2) is 173 Å². The largest absolute Gasteiger partial charge is 2.00 e. The van der Waals surface area contributed by atoms with Gasteiger partial charge in [0, 0.05) is 0 Å². The van der Waals surface area contributed by atoms with Crippen LogP contribution in [0.3, 0.4) is 0 Å². The Bertz CT molecular complexity index is 174. The summed E-state index contributed by atoms with van der Waals surface area (Å²) in [4.78, 5) is 33.3. The van der Waals surface area contributed by atoms with Crippen molar-refractivity contribution in [3.63, 3.8) is 0 Å². The fourth-order valence-electron chi connectivity index (χ4n) is 0. The molecule has 0 atom stereocenters. The third kappa shape index (κ3) is 36000. The summed E-state index contributed by atoms with van der Waals surface area (Å²) in [5.74, 6) is 0. The van der Waals surface area contributed by atoms with Crippen LogP contribution in [0.2, 0.25) is 0 Å². The van der Waals surface area contributed by atoms with Gasteiger partial charge in [0.1, 0.15) is 0 Å². The number of hydrogen-bond donors (Lipinski definition) is 0. The third-order valence-corrected chi connectivity index (χ3v) is 0. The number of carbonyl (C=O) groups excluding carboxylic acids is 4. The van der Waals surface area contributed by atoms with E-state index in [4.69, 9.17) is 60.0 Å². The Morgan fingerprint density at radius 2 is 0.333 bits per heavy atom. The molecule has 0 aliphatic rings. The molecular formula is C4H10Mg5O18. The quantitative estimate of drug-likeness (QED) is 0.298. The fraction of sp³-hybridized carbons (Fsp3) is 0. The molecular weight excluding hydrogens is 458 g/mol. The van der Waals surface area contributed by atoms with Crippen molar-refractivity contribution in [2.24, 2.45) is 0 Å². The Kier molecular flexibility index (Phi) is 497. The van der Waals surface area contributed by atoms with E-state index in [0.29, 0.717) is 0 Å². The SMILES string of the molecule is O.O.O.O.O=C([O-])[O-].O=C([O-])[O-].O=C([O-])[O-].O=C([O-])[O-].[Mg+2].[Mg+2].[Mg+2].[Mg+2].[Mg+2].[OH-].[OH-]. The monoisotopic (exact) mass is 466 g/mol. The summed E-state index contributed by atoms with van der Waals surface area (Å²) >= 11 is 0. The van der Waals surface area contributed by atoms with Crippen molar-refractivity contribution in [1.82, 2.24) is 0 Å². The Hall–Kier alpha value is 0.671. The Morgan fingerprint density at radius 3 is 0.333 bits per heavy atom. The summed E-state index contributed by atoms with van der Waals surface area (Å²) in [6.07, 6.45) is -9.33. The number of carbonyl (C=O) groups is 4. The first-order chi connectivity index (χ1) is 6.93. The van der Waals surface area contributed by atoms with Gasteiger partial charge in [-0.2, -0.15) is 0 Å². The van der Waals surface area contributed by atoms with Crippen LogP contribution in [0.5, 0.6) is 0 Å². The molecule has 0 heterocycles. The van der Waals surface area contributed by atoms with Crippen molar-refractivity contribution in [3.8, 4) is 0 Å². The standard InChI is InChI=1S/4CH2O3.5Mg.6H2O/c4*2-1(3)4;;;;;;;;;;;/h4*(H2,2,3,4);;;;;;6*1H2/q;;;;5*+2;;;;;;/p-10. The zero-order valence-corrected chi connectivity index (χ0v) is 20.4. The van der Waals surface area contributed by atoms with Crippen molar-refractivity contribution in [1.29, 1.82) is 0 Å². The molecule has 0 aliphatic carbocycles. The maximum Gasteiger partial charge on any atom is 2.00 e. The van der Waals surface area contributed by atoms with E-state index in [-0.39, 0.29) is 148 Å². The summed E-state index contributed by atoms with van der Waals surface area (Å²) in [5, 5.41) is 66.7. The minimum absolute atomic E-state index is 0. The smallest absolute Gasteiger partial charge is 0.870 e. The van der Waals surface area contributed by atoms with Gasteiger partial charge in [0.15, 0.2) is 0 Å². The molecule has 0 aromatic rings. The number of rotatable bonds is 0. The van der Waals surface area contributed by atoms with Gasteiger partial charge in [0.2, 0.25) is 0 Å². The molecule has 0 radical (unpaired) electrons. The number of hydrogen-bond acceptors (Lipinski definition) is 14. The molecule has 27 heavy (non-hydrogen) atoms. The predicted octanol–water partition coefficient (Wildman–Crippen LogP) is -15.3. The van der Waals surface area contributed by atoms with E-state index in [1.165, 1.54) is 0 Å². The van der Waals surface area contributed by atoms with Gasteiger partial charge in [-0.05, 0) is 24.6 Å². The van der Waals surface area contributed by atoms with Crippen LogP contribution in [0.15, 0.2) is 0 Å². The van der Waals surface area contributed by atoms with Crippen LogP contribution >= 0.6 is 0 Å². The summed E-state index contributed by atoms with van der Waals surface area (Å²) in [5.41, 5.74) is 0. The maximum atomic E-state index is 8.33. The molecule has 0 aromatic heterocycles. The fourth-order valence-corrected chi connectivity index (χ4v) is 0. The zero-order chi connectivity index (χ0) is 14.3. The Morgan fingerprint density at radius 1 is 0.333 bits per heavy atom. The molecule has 0 rings (SSSR count). The molecule has 0 aromatic carbocycles. The topological polar surface area (TPSA) is 439 Å². The molecule has 18 nitrogen and oxygen atoms in total. The van der Waals surface area contributed by atoms with Gasteiger partial charge in [-0.25, -0.2) is 0 Å². The second-order valence-corrected chi connectivity index (χ2v) is 1.00. The second kappa shape index (κ2) is 109. The van der Waals surface area contributed by atoms with E-state index < -0.39 is 24.6 Å². The molecule has 23 heteroatoms. The third-order valence-electron chi connectivity index (χ3n) is 0. The molecule has 0 fully saturated rings. The summed E-state index contributed by atoms with van der Waals surface area (Å²) in [6.45, 7) is 0. The van der Waals surface area contributed by atoms with Gasteiger partial charge in [-0.1, -0.05) is 0 Å². The minimum atomic E-state index is -2.33. The van der Waals surface area contributed by atoms with Gasteiger partial charge in [0.25, 0.3) is 0 Å². The first kappa shape index (κ1) is 123. The second-order valence-electron chi connectivity index (χ2n) is 1.00. The van der Waals surface area contributed by atoms with E-state index in [9.17, 15) is 0 Å². The van der Waals surface area contributed by atoms with Gasteiger partial charge < -0.3 is 92.9 Å². The van der Waals surface area contributed by atoms with E-state index in [1.54, 1.807) is 0 Å². The number of carboxylic acid groups (broad SMARTS) is 8. The van der Waals surface area contributed by atoms with Crippen LogP contribution < -0.4 is 40.9 Å². The molecule has 0 saturated carbocycles. The van der Waals surface area contributed by atoms with Crippen molar-refractivity contribution in [3.05, 3.63) is 0 Å². The van der Waals surface area contributed by atoms with E-state index in [2.05, 4.69) is 0 Å². The first-order valence-electron chi connectivity index (χ1n) is 2.45. The molecule has 0 saturated heterocycles. The van der Waals surface area contributed by atoms with E-state index >= 15 is 0 Å². The molecule has 10 N–H and O–H groups in total. The van der Waals surface area contributed by atoms with Crippen molar-refractivity contribution in [2.45, 2.75) is 0 Å². The van der Waals surface area contributed by atoms with Crippen LogP contribution in [0.1, 0.15) is 0 Å². The van der Waals surface area contributed by atoms with Crippen LogP contribution in [-0.2, 0) is 0 Å². The normalized spacial score (nSPS) is 3.56. The van der Waals surface area contributed by atoms with Crippen LogP contribution in [0, 0.1) is 0 Å². The van der Waals surface area contributed by atoms with Gasteiger partial charge in [-0.3, -0.25) is 0 Å². The van der Waals surface area contributed by atoms with E-state index in [1.807, 2.05) is 0 Å². The Balaban J connectivity index is -0.00000000482. The molecule has 0 amide bonds. The molecule has 144 valence electrons. The van der Waals surface area contributed by atoms with Crippen LogP contribution in [0.4, 0.5) is 19.2 Å². The first-order valence-corrected chi connectivity index (χ1v) is 2.45. The predicted molar refractivity (Wildman–Crippen MR) is 68.7 cm³/mol. The zero-order valence-electron chi connectivity index (χ0n) is 13.3. The minimum Gasteiger partial charge on any atom is -0.870 e. The molecule has 0 unspecified atom stereocenters. The average Bonchev–Trinajstić information content (AvgIpc) is 1.76. The van der Waals surface area contributed by atoms with Crippen molar-refractivity contribution < 1.29 is 92.9 Å². The summed E-state index contributed by atoms with van der Waals surface area (Å²) in [6, 6.07) is 0. The maximum absolute atomic E-state index is 8.33. The van der Waals surface area contributed by atoms with Gasteiger partial charge in [-0.15, -0.1) is 0 Å².